The van der Waals surface area contributed by atoms with Crippen molar-refractivity contribution in [2.24, 2.45) is 5.92 Å². The minimum Gasteiger partial charge on any atom is -0.461 e. The standard InChI is InChI=1S/C15H27NO3/c1-2-12-4-3-5-14(10-12)19-15(17)11-18-13-6-8-16-9-7-13/h12-14,16H,2-11H2,1H3. The molecule has 2 rings (SSSR count). The van der Waals surface area contributed by atoms with Crippen LogP contribution < -0.4 is 5.32 Å². The summed E-state index contributed by atoms with van der Waals surface area (Å²) in [5, 5.41) is 3.28. The molecule has 1 saturated carbocycles. The maximum Gasteiger partial charge on any atom is 0.332 e. The number of piperidine rings is 1. The minimum atomic E-state index is -0.180. The van der Waals surface area contributed by atoms with E-state index in [0.29, 0.717) is 0 Å². The summed E-state index contributed by atoms with van der Waals surface area (Å²) in [6.45, 7) is 4.31. The molecule has 110 valence electrons. The van der Waals surface area contributed by atoms with Gasteiger partial charge in [0, 0.05) is 0 Å². The summed E-state index contributed by atoms with van der Waals surface area (Å²) in [4.78, 5) is 11.8. The predicted octanol–water partition coefficient (Wildman–Crippen LogP) is 2.27. The Kier molecular flexibility index (Phi) is 6.11. The lowest BCUT2D eigenvalue weighted by atomic mass is 9.85. The molecule has 1 saturated heterocycles. The van der Waals surface area contributed by atoms with Gasteiger partial charge >= 0.3 is 5.97 Å². The summed E-state index contributed by atoms with van der Waals surface area (Å²) in [7, 11) is 0. The second-order valence-corrected chi connectivity index (χ2v) is 5.81. The van der Waals surface area contributed by atoms with Crippen LogP contribution in [0.25, 0.3) is 0 Å². The first kappa shape index (κ1) is 14.8. The Hall–Kier alpha value is -0.610. The highest BCUT2D eigenvalue weighted by Crippen LogP contribution is 2.28. The van der Waals surface area contributed by atoms with Gasteiger partial charge < -0.3 is 14.8 Å². The SMILES string of the molecule is CCC1CCCC(OC(=O)COC2CCNCC2)C1. The molecule has 1 aliphatic carbocycles. The smallest absolute Gasteiger partial charge is 0.332 e. The van der Waals surface area contributed by atoms with Crippen molar-refractivity contribution in [2.45, 2.75) is 64.1 Å². The Morgan fingerprint density at radius 1 is 1.16 bits per heavy atom. The Balaban J connectivity index is 1.63. The fraction of sp³-hybridized carbons (Fsp3) is 0.933. The first-order valence-electron chi connectivity index (χ1n) is 7.79. The van der Waals surface area contributed by atoms with Crippen molar-refractivity contribution in [2.75, 3.05) is 19.7 Å². The van der Waals surface area contributed by atoms with Gasteiger partial charge in [-0.2, -0.15) is 0 Å². The summed E-state index contributed by atoms with van der Waals surface area (Å²) in [5.74, 6) is 0.553. The molecule has 2 fully saturated rings. The van der Waals surface area contributed by atoms with Gasteiger partial charge in [0.1, 0.15) is 12.7 Å². The molecule has 1 N–H and O–H groups in total. The monoisotopic (exact) mass is 269 g/mol. The van der Waals surface area contributed by atoms with Crippen molar-refractivity contribution in [1.82, 2.24) is 5.32 Å². The number of hydrogen-bond donors (Lipinski definition) is 1. The summed E-state index contributed by atoms with van der Waals surface area (Å²) in [5.41, 5.74) is 0. The first-order chi connectivity index (χ1) is 9.28. The number of ether oxygens (including phenoxy) is 2. The van der Waals surface area contributed by atoms with Crippen molar-refractivity contribution in [3.05, 3.63) is 0 Å². The van der Waals surface area contributed by atoms with Crippen LogP contribution in [0.5, 0.6) is 0 Å². The van der Waals surface area contributed by atoms with Crippen LogP contribution >= 0.6 is 0 Å². The highest BCUT2D eigenvalue weighted by Gasteiger charge is 2.24. The molecule has 0 aromatic carbocycles. The van der Waals surface area contributed by atoms with Crippen LogP contribution in [-0.2, 0) is 14.3 Å². The second-order valence-electron chi connectivity index (χ2n) is 5.81. The number of carbonyl (C=O) groups excluding carboxylic acids is 1. The molecule has 0 bridgehead atoms. The van der Waals surface area contributed by atoms with Crippen LogP contribution in [0, 0.1) is 5.92 Å². The predicted molar refractivity (Wildman–Crippen MR) is 74.0 cm³/mol. The lowest BCUT2D eigenvalue weighted by Crippen LogP contribution is -2.34. The maximum atomic E-state index is 11.8. The van der Waals surface area contributed by atoms with E-state index in [4.69, 9.17) is 9.47 Å². The van der Waals surface area contributed by atoms with E-state index in [1.807, 2.05) is 0 Å². The van der Waals surface area contributed by atoms with Crippen LogP contribution in [0.4, 0.5) is 0 Å². The highest BCUT2D eigenvalue weighted by atomic mass is 16.6. The molecule has 0 radical (unpaired) electrons. The molecule has 0 amide bonds. The van der Waals surface area contributed by atoms with Crippen LogP contribution in [0.3, 0.4) is 0 Å². The first-order valence-corrected chi connectivity index (χ1v) is 7.79. The molecule has 19 heavy (non-hydrogen) atoms. The minimum absolute atomic E-state index is 0.123. The molecule has 0 aromatic heterocycles. The van der Waals surface area contributed by atoms with Crippen LogP contribution in [0.15, 0.2) is 0 Å². The molecule has 4 nitrogen and oxygen atoms in total. The molecule has 2 atom stereocenters. The van der Waals surface area contributed by atoms with E-state index in [-0.39, 0.29) is 24.8 Å². The van der Waals surface area contributed by atoms with Gasteiger partial charge in [0.25, 0.3) is 0 Å². The Morgan fingerprint density at radius 2 is 1.95 bits per heavy atom. The lowest BCUT2D eigenvalue weighted by Gasteiger charge is -2.28. The van der Waals surface area contributed by atoms with Gasteiger partial charge in [-0.05, 0) is 51.1 Å². The summed E-state index contributed by atoms with van der Waals surface area (Å²) in [6.07, 6.45) is 8.07. The van der Waals surface area contributed by atoms with E-state index in [0.717, 1.165) is 44.7 Å². The van der Waals surface area contributed by atoms with Gasteiger partial charge in [0.15, 0.2) is 0 Å². The third-order valence-electron chi connectivity index (χ3n) is 4.33. The molecule has 4 heteroatoms. The zero-order valence-electron chi connectivity index (χ0n) is 12.0. The number of hydrogen-bond acceptors (Lipinski definition) is 4. The van der Waals surface area contributed by atoms with Crippen LogP contribution in [-0.4, -0.2) is 37.9 Å². The normalized spacial score (nSPS) is 29.1. The van der Waals surface area contributed by atoms with E-state index in [1.165, 1.54) is 19.3 Å². The third kappa shape index (κ3) is 5.11. The van der Waals surface area contributed by atoms with E-state index < -0.39 is 0 Å². The molecule has 2 aliphatic rings. The van der Waals surface area contributed by atoms with Crippen LogP contribution in [0.2, 0.25) is 0 Å². The highest BCUT2D eigenvalue weighted by molar-refractivity contribution is 5.70. The molecule has 0 aromatic rings. The van der Waals surface area contributed by atoms with Gasteiger partial charge in [0.05, 0.1) is 6.10 Å². The largest absolute Gasteiger partial charge is 0.461 e. The molecular formula is C15H27NO3. The Morgan fingerprint density at radius 3 is 2.68 bits per heavy atom. The summed E-state index contributed by atoms with van der Waals surface area (Å²) < 4.78 is 11.2. The summed E-state index contributed by atoms with van der Waals surface area (Å²) >= 11 is 0. The Labute approximate surface area is 116 Å². The Bertz CT molecular complexity index is 277. The van der Waals surface area contributed by atoms with Crippen molar-refractivity contribution in [1.29, 1.82) is 0 Å². The molecule has 1 heterocycles. The van der Waals surface area contributed by atoms with Crippen LogP contribution in [0.1, 0.15) is 51.9 Å². The van der Waals surface area contributed by atoms with Gasteiger partial charge in [-0.1, -0.05) is 19.8 Å². The molecule has 2 unspecified atom stereocenters. The number of rotatable bonds is 5. The van der Waals surface area contributed by atoms with Crippen molar-refractivity contribution >= 4 is 5.97 Å². The average Bonchev–Trinajstić information content (AvgIpc) is 2.46. The second kappa shape index (κ2) is 7.85. The van der Waals surface area contributed by atoms with Gasteiger partial charge in [0.2, 0.25) is 0 Å². The zero-order valence-corrected chi connectivity index (χ0v) is 12.0. The quantitative estimate of drug-likeness (QED) is 0.778. The third-order valence-corrected chi connectivity index (χ3v) is 4.33. The zero-order chi connectivity index (χ0) is 13.5. The van der Waals surface area contributed by atoms with Crippen molar-refractivity contribution < 1.29 is 14.3 Å². The lowest BCUT2D eigenvalue weighted by molar-refractivity contribution is -0.159. The summed E-state index contributed by atoms with van der Waals surface area (Å²) in [6, 6.07) is 0. The van der Waals surface area contributed by atoms with Gasteiger partial charge in [-0.25, -0.2) is 4.79 Å². The number of carbonyl (C=O) groups is 1. The average molecular weight is 269 g/mol. The van der Waals surface area contributed by atoms with Crippen molar-refractivity contribution in [3.8, 4) is 0 Å². The molecular weight excluding hydrogens is 242 g/mol. The number of nitrogens with one attached hydrogen (secondary N) is 1. The van der Waals surface area contributed by atoms with Crippen molar-refractivity contribution in [3.63, 3.8) is 0 Å². The number of esters is 1. The van der Waals surface area contributed by atoms with E-state index in [1.54, 1.807) is 0 Å². The molecule has 1 aliphatic heterocycles. The maximum absolute atomic E-state index is 11.8. The fourth-order valence-electron chi connectivity index (χ4n) is 3.09. The fourth-order valence-corrected chi connectivity index (χ4v) is 3.09. The van der Waals surface area contributed by atoms with Gasteiger partial charge in [-0.3, -0.25) is 0 Å². The topological polar surface area (TPSA) is 47.6 Å². The van der Waals surface area contributed by atoms with E-state index in [2.05, 4.69) is 12.2 Å². The molecule has 0 spiro atoms. The van der Waals surface area contributed by atoms with E-state index >= 15 is 0 Å². The van der Waals surface area contributed by atoms with E-state index in [9.17, 15) is 4.79 Å². The van der Waals surface area contributed by atoms with Gasteiger partial charge in [-0.15, -0.1) is 0 Å².